The van der Waals surface area contributed by atoms with Gasteiger partial charge in [0.15, 0.2) is 0 Å². The second-order valence-corrected chi connectivity index (χ2v) is 5.97. The number of nitrogens with zero attached hydrogens (tertiary/aromatic N) is 2. The van der Waals surface area contributed by atoms with Gasteiger partial charge in [0.05, 0.1) is 23.3 Å². The Balaban J connectivity index is 1.80. The fourth-order valence-electron chi connectivity index (χ4n) is 3.51. The Labute approximate surface area is 138 Å². The van der Waals surface area contributed by atoms with Crippen LogP contribution >= 0.6 is 0 Å². The van der Waals surface area contributed by atoms with E-state index in [1.807, 2.05) is 53.4 Å². The molecule has 0 radical (unpaired) electrons. The minimum absolute atomic E-state index is 0.0378. The highest BCUT2D eigenvalue weighted by Crippen LogP contribution is 2.29. The average molecular weight is 313 g/mol. The number of rotatable bonds is 2. The lowest BCUT2D eigenvalue weighted by Crippen LogP contribution is -2.18. The molecule has 1 aliphatic heterocycles. The van der Waals surface area contributed by atoms with Gasteiger partial charge in [0.2, 0.25) is 0 Å². The summed E-state index contributed by atoms with van der Waals surface area (Å²) in [6, 6.07) is 20.4. The molecular weight excluding hydrogens is 298 g/mol. The maximum atomic E-state index is 12.6. The van der Waals surface area contributed by atoms with Gasteiger partial charge >= 0.3 is 0 Å². The lowest BCUT2D eigenvalue weighted by molar-refractivity contribution is -0.115. The highest BCUT2D eigenvalue weighted by atomic mass is 16.2. The predicted molar refractivity (Wildman–Crippen MR) is 96.3 cm³/mol. The quantitative estimate of drug-likeness (QED) is 0.604. The van der Waals surface area contributed by atoms with Gasteiger partial charge in [-0.3, -0.25) is 4.79 Å². The number of carbonyl (C=O) groups excluding carboxylic acids is 1. The van der Waals surface area contributed by atoms with E-state index in [1.165, 1.54) is 5.39 Å². The normalized spacial score (nSPS) is 14.8. The molecule has 1 aliphatic rings. The van der Waals surface area contributed by atoms with Crippen LogP contribution in [0.2, 0.25) is 0 Å². The van der Waals surface area contributed by atoms with Crippen LogP contribution in [-0.4, -0.2) is 21.6 Å². The molecule has 0 atom stereocenters. The summed E-state index contributed by atoms with van der Waals surface area (Å²) in [5, 5.41) is 5.26. The van der Waals surface area contributed by atoms with E-state index in [4.69, 9.17) is 0 Å². The van der Waals surface area contributed by atoms with Gasteiger partial charge in [0.25, 0.3) is 5.91 Å². The molecule has 2 aromatic carbocycles. The number of hydrogen-bond acceptors (Lipinski definition) is 1. The summed E-state index contributed by atoms with van der Waals surface area (Å²) in [5.41, 5.74) is 3.82. The molecule has 2 aromatic heterocycles. The largest absolute Gasteiger partial charge is 0.345 e. The zero-order chi connectivity index (χ0) is 16.1. The van der Waals surface area contributed by atoms with Crippen LogP contribution in [-0.2, 0) is 4.79 Å². The first-order valence-electron chi connectivity index (χ1n) is 7.97. The molecule has 0 unspecified atom stereocenters. The van der Waals surface area contributed by atoms with Crippen molar-refractivity contribution in [3.63, 3.8) is 0 Å². The SMILES string of the molecule is O=C1NCC(n2ccc3ccccc32)=C1n1ccc2ccccc21. The van der Waals surface area contributed by atoms with Gasteiger partial charge in [-0.15, -0.1) is 0 Å². The fourth-order valence-corrected chi connectivity index (χ4v) is 3.51. The highest BCUT2D eigenvalue weighted by molar-refractivity contribution is 6.24. The Morgan fingerprint density at radius 2 is 1.33 bits per heavy atom. The van der Waals surface area contributed by atoms with Crippen LogP contribution in [0.25, 0.3) is 33.2 Å². The zero-order valence-electron chi connectivity index (χ0n) is 12.9. The van der Waals surface area contributed by atoms with Crippen molar-refractivity contribution in [1.82, 2.24) is 14.5 Å². The minimum Gasteiger partial charge on any atom is -0.345 e. The van der Waals surface area contributed by atoms with E-state index in [0.29, 0.717) is 12.2 Å². The summed E-state index contributed by atoms with van der Waals surface area (Å²) in [6.07, 6.45) is 4.00. The number of aromatic nitrogens is 2. The molecule has 4 heteroatoms. The van der Waals surface area contributed by atoms with Crippen molar-refractivity contribution in [2.75, 3.05) is 6.54 Å². The first-order valence-corrected chi connectivity index (χ1v) is 7.97. The van der Waals surface area contributed by atoms with E-state index in [1.54, 1.807) is 0 Å². The first kappa shape index (κ1) is 13.2. The van der Waals surface area contributed by atoms with Crippen LogP contribution in [0.4, 0.5) is 0 Å². The van der Waals surface area contributed by atoms with E-state index in [0.717, 1.165) is 22.1 Å². The maximum Gasteiger partial charge on any atom is 0.270 e. The number of fused-ring (bicyclic) bond motifs is 2. The number of para-hydroxylation sites is 2. The smallest absolute Gasteiger partial charge is 0.270 e. The molecule has 0 bridgehead atoms. The monoisotopic (exact) mass is 313 g/mol. The Morgan fingerprint density at radius 1 is 0.750 bits per heavy atom. The number of carbonyl (C=O) groups is 1. The van der Waals surface area contributed by atoms with Crippen molar-refractivity contribution in [3.05, 3.63) is 73.1 Å². The van der Waals surface area contributed by atoms with Crippen molar-refractivity contribution in [3.8, 4) is 0 Å². The number of hydrogen-bond donors (Lipinski definition) is 1. The van der Waals surface area contributed by atoms with Gasteiger partial charge < -0.3 is 14.5 Å². The number of amides is 1. The van der Waals surface area contributed by atoms with Crippen LogP contribution < -0.4 is 5.32 Å². The van der Waals surface area contributed by atoms with Crippen molar-refractivity contribution < 1.29 is 4.79 Å². The fraction of sp³-hybridized carbons (Fsp3) is 0.0500. The summed E-state index contributed by atoms with van der Waals surface area (Å²) in [4.78, 5) is 12.6. The van der Waals surface area contributed by atoms with E-state index >= 15 is 0 Å². The second-order valence-electron chi connectivity index (χ2n) is 5.97. The molecule has 0 aliphatic carbocycles. The molecule has 4 nitrogen and oxygen atoms in total. The van der Waals surface area contributed by atoms with Crippen molar-refractivity contribution in [2.24, 2.45) is 0 Å². The van der Waals surface area contributed by atoms with Crippen molar-refractivity contribution in [2.45, 2.75) is 0 Å². The number of benzene rings is 2. The topological polar surface area (TPSA) is 39.0 Å². The molecule has 116 valence electrons. The standard InChI is InChI=1S/C20H15N3O/c24-20-19(23-12-10-15-6-2-4-8-17(15)23)18(13-21-20)22-11-9-14-5-1-3-7-16(14)22/h1-12H,13H2,(H,21,24). The molecule has 4 aromatic rings. The van der Waals surface area contributed by atoms with Crippen molar-refractivity contribution >= 4 is 39.1 Å². The molecule has 1 N–H and O–H groups in total. The highest BCUT2D eigenvalue weighted by Gasteiger charge is 2.26. The van der Waals surface area contributed by atoms with Gasteiger partial charge in [-0.05, 0) is 35.0 Å². The molecule has 0 fully saturated rings. The van der Waals surface area contributed by atoms with Crippen molar-refractivity contribution in [1.29, 1.82) is 0 Å². The maximum absolute atomic E-state index is 12.6. The van der Waals surface area contributed by atoms with Crippen LogP contribution in [0.1, 0.15) is 0 Å². The van der Waals surface area contributed by atoms with E-state index in [9.17, 15) is 4.79 Å². The lowest BCUT2D eigenvalue weighted by Gasteiger charge is -2.10. The predicted octanol–water partition coefficient (Wildman–Crippen LogP) is 3.55. The molecule has 0 spiro atoms. The van der Waals surface area contributed by atoms with Crippen LogP contribution in [0.3, 0.4) is 0 Å². The molecule has 3 heterocycles. The third-order valence-electron chi connectivity index (χ3n) is 4.64. The average Bonchev–Trinajstić information content (AvgIpc) is 3.31. The summed E-state index contributed by atoms with van der Waals surface area (Å²) < 4.78 is 4.10. The molecule has 1 amide bonds. The molecule has 5 rings (SSSR count). The summed E-state index contributed by atoms with van der Waals surface area (Å²) in [6.45, 7) is 0.527. The minimum atomic E-state index is -0.0378. The van der Waals surface area contributed by atoms with Gasteiger partial charge in [-0.25, -0.2) is 0 Å². The van der Waals surface area contributed by atoms with Crippen LogP contribution in [0.15, 0.2) is 73.1 Å². The van der Waals surface area contributed by atoms with Gasteiger partial charge in [-0.1, -0.05) is 36.4 Å². The summed E-state index contributed by atoms with van der Waals surface area (Å²) >= 11 is 0. The Morgan fingerprint density at radius 3 is 2.04 bits per heavy atom. The molecular formula is C20H15N3O. The van der Waals surface area contributed by atoms with Crippen LogP contribution in [0, 0.1) is 0 Å². The van der Waals surface area contributed by atoms with Gasteiger partial charge in [-0.2, -0.15) is 0 Å². The Kier molecular flexibility index (Phi) is 2.67. The summed E-state index contributed by atoms with van der Waals surface area (Å²) in [5.74, 6) is -0.0378. The lowest BCUT2D eigenvalue weighted by atomic mass is 10.2. The van der Waals surface area contributed by atoms with Gasteiger partial charge in [0.1, 0.15) is 5.70 Å². The Bertz CT molecular complexity index is 1130. The molecule has 0 saturated heterocycles. The number of nitrogens with one attached hydrogen (secondary N) is 1. The van der Waals surface area contributed by atoms with E-state index in [2.05, 4.69) is 34.1 Å². The third kappa shape index (κ3) is 1.77. The molecule has 0 saturated carbocycles. The summed E-state index contributed by atoms with van der Waals surface area (Å²) in [7, 11) is 0. The van der Waals surface area contributed by atoms with Crippen LogP contribution in [0.5, 0.6) is 0 Å². The van der Waals surface area contributed by atoms with E-state index < -0.39 is 0 Å². The zero-order valence-corrected chi connectivity index (χ0v) is 12.9. The van der Waals surface area contributed by atoms with E-state index in [-0.39, 0.29) is 5.91 Å². The molecule has 24 heavy (non-hydrogen) atoms. The van der Waals surface area contributed by atoms with Gasteiger partial charge in [0, 0.05) is 12.4 Å². The Hall–Kier alpha value is -3.27. The third-order valence-corrected chi connectivity index (χ3v) is 4.64. The second kappa shape index (κ2) is 4.86. The first-order chi connectivity index (χ1) is 11.8.